The van der Waals surface area contributed by atoms with Crippen LogP contribution in [0.4, 0.5) is 5.69 Å². The summed E-state index contributed by atoms with van der Waals surface area (Å²) in [6.45, 7) is 5.56. The molecule has 1 atom stereocenters. The number of unbranched alkanes of at least 4 members (excludes halogenated alkanes) is 1. The van der Waals surface area contributed by atoms with Crippen LogP contribution >= 0.6 is 0 Å². The molecule has 2 heteroatoms. The Bertz CT molecular complexity index is 309. The fourth-order valence-electron chi connectivity index (χ4n) is 1.87. The molecule has 0 amide bonds. The molecule has 0 radical (unpaired) electrons. The zero-order chi connectivity index (χ0) is 12.0. The zero-order valence-electron chi connectivity index (χ0n) is 11.0. The van der Waals surface area contributed by atoms with Gasteiger partial charge in [-0.3, -0.25) is 0 Å². The van der Waals surface area contributed by atoms with Gasteiger partial charge in [-0.05, 0) is 32.0 Å². The third-order valence-electron chi connectivity index (χ3n) is 3.09. The third kappa shape index (κ3) is 3.24. The van der Waals surface area contributed by atoms with Gasteiger partial charge < -0.3 is 10.2 Å². The number of hydrogen-bond acceptors (Lipinski definition) is 2. The lowest BCUT2D eigenvalue weighted by Gasteiger charge is -2.24. The number of rotatable bonds is 6. The Hall–Kier alpha value is -1.02. The van der Waals surface area contributed by atoms with Crippen molar-refractivity contribution in [2.45, 2.75) is 32.7 Å². The van der Waals surface area contributed by atoms with E-state index in [1.165, 1.54) is 24.1 Å². The highest BCUT2D eigenvalue weighted by Crippen LogP contribution is 2.25. The summed E-state index contributed by atoms with van der Waals surface area (Å²) in [5.74, 6) is 0. The average molecular weight is 220 g/mol. The maximum atomic E-state index is 3.31. The molecule has 0 heterocycles. The second-order valence-electron chi connectivity index (χ2n) is 4.34. The number of benzene rings is 1. The normalized spacial score (nSPS) is 12.5. The second kappa shape index (κ2) is 6.54. The fourth-order valence-corrected chi connectivity index (χ4v) is 1.87. The van der Waals surface area contributed by atoms with E-state index in [-0.39, 0.29) is 0 Å². The molecule has 0 aromatic heterocycles. The highest BCUT2D eigenvalue weighted by Gasteiger charge is 2.10. The van der Waals surface area contributed by atoms with Crippen LogP contribution in [0.5, 0.6) is 0 Å². The molecule has 0 aliphatic carbocycles. The Labute approximate surface area is 99.7 Å². The molecular formula is C14H24N2. The van der Waals surface area contributed by atoms with Crippen molar-refractivity contribution < 1.29 is 0 Å². The second-order valence-corrected chi connectivity index (χ2v) is 4.34. The van der Waals surface area contributed by atoms with Crippen molar-refractivity contribution in [1.82, 2.24) is 5.32 Å². The van der Waals surface area contributed by atoms with Gasteiger partial charge >= 0.3 is 0 Å². The summed E-state index contributed by atoms with van der Waals surface area (Å²) in [4.78, 5) is 2.35. The van der Waals surface area contributed by atoms with Gasteiger partial charge in [0.2, 0.25) is 0 Å². The number of nitrogens with one attached hydrogen (secondary N) is 1. The van der Waals surface area contributed by atoms with Crippen LogP contribution in [0.1, 0.15) is 38.3 Å². The van der Waals surface area contributed by atoms with Gasteiger partial charge in [0, 0.05) is 25.3 Å². The molecule has 1 unspecified atom stereocenters. The Morgan fingerprint density at radius 2 is 2.00 bits per heavy atom. The van der Waals surface area contributed by atoms with E-state index in [4.69, 9.17) is 0 Å². The minimum Gasteiger partial charge on any atom is -0.374 e. The largest absolute Gasteiger partial charge is 0.374 e. The molecule has 0 spiro atoms. The summed E-state index contributed by atoms with van der Waals surface area (Å²) in [5, 5.41) is 3.31. The molecule has 0 saturated heterocycles. The van der Waals surface area contributed by atoms with Gasteiger partial charge in [0.15, 0.2) is 0 Å². The topological polar surface area (TPSA) is 15.3 Å². The molecular weight excluding hydrogens is 196 g/mol. The maximum Gasteiger partial charge on any atom is 0.0412 e. The van der Waals surface area contributed by atoms with E-state index in [1.54, 1.807) is 0 Å². The first-order valence-electron chi connectivity index (χ1n) is 6.18. The van der Waals surface area contributed by atoms with Gasteiger partial charge in [-0.2, -0.15) is 0 Å². The van der Waals surface area contributed by atoms with E-state index in [0.29, 0.717) is 6.04 Å². The lowest BCUT2D eigenvalue weighted by molar-refractivity contribution is 0.648. The number of hydrogen-bond donors (Lipinski definition) is 1. The van der Waals surface area contributed by atoms with E-state index in [2.05, 4.69) is 55.4 Å². The van der Waals surface area contributed by atoms with Crippen molar-refractivity contribution in [3.8, 4) is 0 Å². The predicted molar refractivity (Wildman–Crippen MR) is 72.1 cm³/mol. The Kier molecular flexibility index (Phi) is 5.33. The molecule has 0 bridgehead atoms. The van der Waals surface area contributed by atoms with Crippen LogP contribution < -0.4 is 10.2 Å². The van der Waals surface area contributed by atoms with Gasteiger partial charge in [-0.25, -0.2) is 0 Å². The van der Waals surface area contributed by atoms with Gasteiger partial charge in [-0.15, -0.1) is 0 Å². The van der Waals surface area contributed by atoms with E-state index in [1.807, 2.05) is 7.05 Å². The summed E-state index contributed by atoms with van der Waals surface area (Å²) in [6, 6.07) is 9.04. The maximum absolute atomic E-state index is 3.31. The van der Waals surface area contributed by atoms with Crippen molar-refractivity contribution in [3.63, 3.8) is 0 Å². The van der Waals surface area contributed by atoms with Crippen LogP contribution in [-0.2, 0) is 0 Å². The minimum absolute atomic E-state index is 0.403. The molecule has 1 rings (SSSR count). The Morgan fingerprint density at radius 3 is 2.62 bits per heavy atom. The number of para-hydroxylation sites is 1. The van der Waals surface area contributed by atoms with Crippen molar-refractivity contribution in [2.24, 2.45) is 0 Å². The van der Waals surface area contributed by atoms with Crippen LogP contribution in [0.15, 0.2) is 24.3 Å². The molecule has 1 aromatic rings. The van der Waals surface area contributed by atoms with Crippen LogP contribution in [0, 0.1) is 0 Å². The van der Waals surface area contributed by atoms with E-state index in [0.717, 1.165) is 6.54 Å². The Balaban J connectivity index is 2.85. The minimum atomic E-state index is 0.403. The van der Waals surface area contributed by atoms with Crippen molar-refractivity contribution >= 4 is 5.69 Å². The van der Waals surface area contributed by atoms with Gasteiger partial charge in [0.1, 0.15) is 0 Å². The molecule has 1 aromatic carbocycles. The highest BCUT2D eigenvalue weighted by atomic mass is 15.1. The van der Waals surface area contributed by atoms with E-state index in [9.17, 15) is 0 Å². The lowest BCUT2D eigenvalue weighted by Crippen LogP contribution is -2.22. The first kappa shape index (κ1) is 13.0. The average Bonchev–Trinajstić information content (AvgIpc) is 2.35. The van der Waals surface area contributed by atoms with Crippen molar-refractivity contribution in [2.75, 3.05) is 25.5 Å². The smallest absolute Gasteiger partial charge is 0.0412 e. The van der Waals surface area contributed by atoms with E-state index < -0.39 is 0 Å². The molecule has 0 aliphatic rings. The molecule has 0 saturated carbocycles. The van der Waals surface area contributed by atoms with Crippen LogP contribution in [0.2, 0.25) is 0 Å². The van der Waals surface area contributed by atoms with Crippen molar-refractivity contribution in [1.29, 1.82) is 0 Å². The number of anilines is 1. The van der Waals surface area contributed by atoms with Crippen LogP contribution in [0.3, 0.4) is 0 Å². The quantitative estimate of drug-likeness (QED) is 0.792. The predicted octanol–water partition coefficient (Wildman–Crippen LogP) is 3.20. The van der Waals surface area contributed by atoms with E-state index >= 15 is 0 Å². The molecule has 0 aliphatic heterocycles. The molecule has 16 heavy (non-hydrogen) atoms. The summed E-state index contributed by atoms with van der Waals surface area (Å²) in [7, 11) is 4.18. The third-order valence-corrected chi connectivity index (χ3v) is 3.09. The number of nitrogens with zero attached hydrogens (tertiary/aromatic N) is 1. The fraction of sp³-hybridized carbons (Fsp3) is 0.571. The molecule has 90 valence electrons. The first-order chi connectivity index (χ1) is 7.70. The van der Waals surface area contributed by atoms with Gasteiger partial charge in [0.05, 0.1) is 0 Å². The SMILES string of the molecule is CCCCN(C)c1ccccc1C(C)NC. The first-order valence-corrected chi connectivity index (χ1v) is 6.18. The van der Waals surface area contributed by atoms with Gasteiger partial charge in [-0.1, -0.05) is 31.5 Å². The summed E-state index contributed by atoms with van der Waals surface area (Å²) < 4.78 is 0. The lowest BCUT2D eigenvalue weighted by atomic mass is 10.1. The summed E-state index contributed by atoms with van der Waals surface area (Å²) >= 11 is 0. The molecule has 2 nitrogen and oxygen atoms in total. The van der Waals surface area contributed by atoms with Crippen LogP contribution in [-0.4, -0.2) is 20.6 Å². The van der Waals surface area contributed by atoms with Gasteiger partial charge in [0.25, 0.3) is 0 Å². The molecule has 0 fully saturated rings. The van der Waals surface area contributed by atoms with Crippen molar-refractivity contribution in [3.05, 3.63) is 29.8 Å². The van der Waals surface area contributed by atoms with Crippen LogP contribution in [0.25, 0.3) is 0 Å². The zero-order valence-corrected chi connectivity index (χ0v) is 11.0. The summed E-state index contributed by atoms with van der Waals surface area (Å²) in [6.07, 6.45) is 2.49. The standard InChI is InChI=1S/C14H24N2/c1-5-6-11-16(4)14-10-8-7-9-13(14)12(2)15-3/h7-10,12,15H,5-6,11H2,1-4H3. The highest BCUT2D eigenvalue weighted by molar-refractivity contribution is 5.54. The monoisotopic (exact) mass is 220 g/mol. The Morgan fingerprint density at radius 1 is 1.31 bits per heavy atom. The summed E-state index contributed by atoms with van der Waals surface area (Å²) in [5.41, 5.74) is 2.72. The molecule has 1 N–H and O–H groups in total.